The number of aromatic amines is 1. The van der Waals surface area contributed by atoms with Gasteiger partial charge in [-0.15, -0.1) is 0 Å². The fourth-order valence-electron chi connectivity index (χ4n) is 3.18. The lowest BCUT2D eigenvalue weighted by molar-refractivity contribution is -0.114. The van der Waals surface area contributed by atoms with Gasteiger partial charge in [0, 0.05) is 10.9 Å². The highest BCUT2D eigenvalue weighted by Gasteiger charge is 2.18. The highest BCUT2D eigenvalue weighted by molar-refractivity contribution is 7.99. The zero-order valence-corrected chi connectivity index (χ0v) is 16.2. The molecular weight excluding hydrogens is 358 g/mol. The smallest absolute Gasteiger partial charge is 0.283 e. The van der Waals surface area contributed by atoms with Crippen molar-refractivity contribution < 1.29 is 4.79 Å². The van der Waals surface area contributed by atoms with Crippen molar-refractivity contribution in [3.8, 4) is 5.69 Å². The molecule has 136 valence electrons. The molecule has 0 amide bonds. The van der Waals surface area contributed by atoms with Crippen molar-refractivity contribution in [3.63, 3.8) is 0 Å². The molecule has 5 nitrogen and oxygen atoms in total. The summed E-state index contributed by atoms with van der Waals surface area (Å²) in [5.41, 5.74) is 4.66. The number of benzene rings is 2. The average Bonchev–Trinajstić information content (AvgIpc) is 3.01. The van der Waals surface area contributed by atoms with Gasteiger partial charge in [0.2, 0.25) is 0 Å². The number of nitrogens with one attached hydrogen (secondary N) is 1. The van der Waals surface area contributed by atoms with Crippen LogP contribution in [0.15, 0.2) is 52.4 Å². The van der Waals surface area contributed by atoms with Crippen LogP contribution in [0, 0.1) is 13.8 Å². The number of ketones is 1. The zero-order chi connectivity index (χ0) is 19.1. The van der Waals surface area contributed by atoms with Crippen LogP contribution in [0.25, 0.3) is 27.6 Å². The monoisotopic (exact) mass is 377 g/mol. The van der Waals surface area contributed by atoms with Gasteiger partial charge in [0.1, 0.15) is 16.8 Å². The normalized spacial score (nSPS) is 11.4. The lowest BCUT2D eigenvalue weighted by atomic mass is 10.1. The molecule has 4 aromatic rings. The first-order chi connectivity index (χ1) is 13.0. The van der Waals surface area contributed by atoms with Gasteiger partial charge in [0.15, 0.2) is 5.16 Å². The number of fused-ring (bicyclic) bond motifs is 3. The summed E-state index contributed by atoms with van der Waals surface area (Å²) in [4.78, 5) is 33.0. The Balaban J connectivity index is 2.08. The standard InChI is InChI=1S/C21H19N3O2S/c1-12-8-9-13(2)17(10-12)24-20(26)19-18(23-21(24)27-11-14(3)25)15-6-4-5-7-16(15)22-19/h4-10,22H,11H2,1-3H3. The summed E-state index contributed by atoms with van der Waals surface area (Å²) in [5.74, 6) is 0.311. The molecule has 0 saturated heterocycles. The lowest BCUT2D eigenvalue weighted by Gasteiger charge is -2.14. The SMILES string of the molecule is CC(=O)CSc1nc2c([nH]c3ccccc32)c(=O)n1-c1cc(C)ccc1C. The van der Waals surface area contributed by atoms with Crippen LogP contribution in [-0.2, 0) is 4.79 Å². The Kier molecular flexibility index (Phi) is 4.36. The lowest BCUT2D eigenvalue weighted by Crippen LogP contribution is -2.23. The summed E-state index contributed by atoms with van der Waals surface area (Å²) in [7, 11) is 0. The van der Waals surface area contributed by atoms with E-state index in [0.717, 1.165) is 27.7 Å². The van der Waals surface area contributed by atoms with Gasteiger partial charge in [-0.2, -0.15) is 0 Å². The Morgan fingerprint density at radius 1 is 1.19 bits per heavy atom. The Bertz CT molecular complexity index is 1250. The summed E-state index contributed by atoms with van der Waals surface area (Å²) < 4.78 is 1.62. The van der Waals surface area contributed by atoms with Crippen molar-refractivity contribution in [1.82, 2.24) is 14.5 Å². The molecule has 0 spiro atoms. The predicted octanol–water partition coefficient (Wildman–Crippen LogP) is 4.16. The third-order valence-electron chi connectivity index (χ3n) is 4.50. The van der Waals surface area contributed by atoms with E-state index in [9.17, 15) is 9.59 Å². The van der Waals surface area contributed by atoms with Gasteiger partial charge < -0.3 is 4.98 Å². The molecular formula is C21H19N3O2S. The first kappa shape index (κ1) is 17.5. The second-order valence-corrected chi connectivity index (χ2v) is 7.65. The molecule has 2 heterocycles. The van der Waals surface area contributed by atoms with E-state index in [2.05, 4.69) is 4.98 Å². The molecule has 0 unspecified atom stereocenters. The number of aryl methyl sites for hydroxylation is 2. The van der Waals surface area contributed by atoms with Crippen LogP contribution < -0.4 is 5.56 Å². The van der Waals surface area contributed by atoms with E-state index in [-0.39, 0.29) is 17.1 Å². The molecule has 0 atom stereocenters. The van der Waals surface area contributed by atoms with E-state index in [1.54, 1.807) is 4.57 Å². The van der Waals surface area contributed by atoms with Crippen molar-refractivity contribution >= 4 is 39.5 Å². The van der Waals surface area contributed by atoms with E-state index >= 15 is 0 Å². The molecule has 0 saturated carbocycles. The van der Waals surface area contributed by atoms with E-state index in [1.807, 2.05) is 56.3 Å². The van der Waals surface area contributed by atoms with Gasteiger partial charge in [-0.1, -0.05) is 42.1 Å². The number of Topliss-reactive ketones (excluding diaryl/α,β-unsaturated/α-hetero) is 1. The Morgan fingerprint density at radius 3 is 2.74 bits per heavy atom. The minimum Gasteiger partial charge on any atom is -0.349 e. The third kappa shape index (κ3) is 3.06. The second kappa shape index (κ2) is 6.70. The maximum atomic E-state index is 13.4. The molecule has 2 aromatic heterocycles. The summed E-state index contributed by atoms with van der Waals surface area (Å²) in [5, 5.41) is 1.43. The average molecular weight is 377 g/mol. The molecule has 0 aliphatic carbocycles. The van der Waals surface area contributed by atoms with Gasteiger partial charge in [0.25, 0.3) is 5.56 Å². The molecule has 1 N–H and O–H groups in total. The van der Waals surface area contributed by atoms with Crippen LogP contribution in [0.5, 0.6) is 0 Å². The van der Waals surface area contributed by atoms with Crippen LogP contribution in [0.1, 0.15) is 18.1 Å². The number of thioether (sulfide) groups is 1. The van der Waals surface area contributed by atoms with Crippen molar-refractivity contribution in [3.05, 3.63) is 63.9 Å². The molecule has 0 fully saturated rings. The summed E-state index contributed by atoms with van der Waals surface area (Å²) in [6.45, 7) is 5.50. The van der Waals surface area contributed by atoms with Crippen molar-refractivity contribution in [2.45, 2.75) is 25.9 Å². The second-order valence-electron chi connectivity index (χ2n) is 6.71. The fraction of sp³-hybridized carbons (Fsp3) is 0.190. The molecule has 0 bridgehead atoms. The molecule has 6 heteroatoms. The fourth-order valence-corrected chi connectivity index (χ4v) is 3.98. The predicted molar refractivity (Wildman–Crippen MR) is 110 cm³/mol. The number of para-hydroxylation sites is 1. The largest absolute Gasteiger partial charge is 0.349 e. The number of hydrogen-bond acceptors (Lipinski definition) is 4. The van der Waals surface area contributed by atoms with Crippen LogP contribution in [0.3, 0.4) is 0 Å². The van der Waals surface area contributed by atoms with Gasteiger partial charge in [-0.05, 0) is 44.0 Å². The van der Waals surface area contributed by atoms with Crippen molar-refractivity contribution in [2.75, 3.05) is 5.75 Å². The number of carbonyl (C=O) groups is 1. The van der Waals surface area contributed by atoms with Crippen molar-refractivity contribution in [2.24, 2.45) is 0 Å². The minimum atomic E-state index is -0.157. The Labute approximate surface area is 160 Å². The van der Waals surface area contributed by atoms with Crippen LogP contribution in [0.4, 0.5) is 0 Å². The summed E-state index contributed by atoms with van der Waals surface area (Å²) in [6.07, 6.45) is 0. The third-order valence-corrected chi connectivity index (χ3v) is 5.59. The first-order valence-electron chi connectivity index (χ1n) is 8.69. The van der Waals surface area contributed by atoms with Gasteiger partial charge >= 0.3 is 0 Å². The summed E-state index contributed by atoms with van der Waals surface area (Å²) in [6, 6.07) is 13.7. The summed E-state index contributed by atoms with van der Waals surface area (Å²) >= 11 is 1.29. The quantitative estimate of drug-likeness (QED) is 0.428. The van der Waals surface area contributed by atoms with E-state index in [1.165, 1.54) is 18.7 Å². The van der Waals surface area contributed by atoms with E-state index in [0.29, 0.717) is 16.2 Å². The molecule has 2 aromatic carbocycles. The zero-order valence-electron chi connectivity index (χ0n) is 15.4. The molecule has 27 heavy (non-hydrogen) atoms. The van der Waals surface area contributed by atoms with Gasteiger partial charge in [0.05, 0.1) is 11.4 Å². The topological polar surface area (TPSA) is 67.8 Å². The minimum absolute atomic E-state index is 0.0424. The number of hydrogen-bond donors (Lipinski definition) is 1. The van der Waals surface area contributed by atoms with E-state index < -0.39 is 0 Å². The molecule has 4 rings (SSSR count). The maximum absolute atomic E-state index is 13.4. The first-order valence-corrected chi connectivity index (χ1v) is 9.67. The Morgan fingerprint density at radius 2 is 1.96 bits per heavy atom. The number of carbonyl (C=O) groups excluding carboxylic acids is 1. The molecule has 0 aliphatic heterocycles. The number of H-pyrrole nitrogens is 1. The number of rotatable bonds is 4. The highest BCUT2D eigenvalue weighted by Crippen LogP contribution is 2.27. The van der Waals surface area contributed by atoms with Crippen LogP contribution >= 0.6 is 11.8 Å². The van der Waals surface area contributed by atoms with Gasteiger partial charge in [-0.25, -0.2) is 4.98 Å². The Hall–Kier alpha value is -2.86. The highest BCUT2D eigenvalue weighted by atomic mass is 32.2. The molecule has 0 radical (unpaired) electrons. The van der Waals surface area contributed by atoms with Crippen LogP contribution in [0.2, 0.25) is 0 Å². The number of aromatic nitrogens is 3. The van der Waals surface area contributed by atoms with Crippen molar-refractivity contribution in [1.29, 1.82) is 0 Å². The molecule has 0 aliphatic rings. The maximum Gasteiger partial charge on any atom is 0.283 e. The van der Waals surface area contributed by atoms with Gasteiger partial charge in [-0.3, -0.25) is 14.2 Å². The van der Waals surface area contributed by atoms with E-state index in [4.69, 9.17) is 4.98 Å². The number of nitrogens with zero attached hydrogens (tertiary/aromatic N) is 2. The van der Waals surface area contributed by atoms with Crippen LogP contribution in [-0.4, -0.2) is 26.1 Å².